The summed E-state index contributed by atoms with van der Waals surface area (Å²) in [5.41, 5.74) is 0. The SMILES string of the molecule is O=C(NS(=O)(=O)c1cc(Cl)cc(Cl)c1)[C@H]1CC[C@H](N2CCC(Oc3ccc(Cl)c(Cl)c3)CC2)CC1. The molecule has 1 aliphatic carbocycles. The van der Waals surface area contributed by atoms with Gasteiger partial charge in [0.05, 0.1) is 14.9 Å². The summed E-state index contributed by atoms with van der Waals surface area (Å²) in [7, 11) is -4.03. The van der Waals surface area contributed by atoms with E-state index in [4.69, 9.17) is 51.1 Å². The van der Waals surface area contributed by atoms with Crippen LogP contribution in [0, 0.1) is 5.92 Å². The van der Waals surface area contributed by atoms with Crippen LogP contribution in [0.15, 0.2) is 41.3 Å². The lowest BCUT2D eigenvalue weighted by atomic mass is 9.84. The van der Waals surface area contributed by atoms with Gasteiger partial charge in [0.15, 0.2) is 0 Å². The minimum atomic E-state index is -4.03. The number of benzene rings is 2. The molecule has 0 bridgehead atoms. The number of carbonyl (C=O) groups excluding carboxylic acids is 1. The van der Waals surface area contributed by atoms with Crippen LogP contribution in [0.3, 0.4) is 0 Å². The first-order chi connectivity index (χ1) is 16.6. The van der Waals surface area contributed by atoms with Gasteiger partial charge < -0.3 is 9.64 Å². The normalized spacial score (nSPS) is 22.1. The summed E-state index contributed by atoms with van der Waals surface area (Å²) in [4.78, 5) is 15.0. The van der Waals surface area contributed by atoms with E-state index in [1.165, 1.54) is 18.2 Å². The van der Waals surface area contributed by atoms with Gasteiger partial charge in [-0.05, 0) is 68.9 Å². The average Bonchev–Trinajstić information content (AvgIpc) is 2.81. The molecule has 2 fully saturated rings. The first-order valence-corrected chi connectivity index (χ1v) is 14.5. The number of halogens is 4. The van der Waals surface area contributed by atoms with Crippen LogP contribution in [0.25, 0.3) is 0 Å². The molecule has 0 spiro atoms. The molecule has 1 saturated heterocycles. The molecule has 0 atom stereocenters. The van der Waals surface area contributed by atoms with Crippen molar-refractivity contribution in [1.29, 1.82) is 0 Å². The van der Waals surface area contributed by atoms with Gasteiger partial charge in [-0.25, -0.2) is 13.1 Å². The zero-order valence-electron chi connectivity index (χ0n) is 18.9. The lowest BCUT2D eigenvalue weighted by Crippen LogP contribution is -2.46. The fraction of sp³-hybridized carbons (Fsp3) is 0.458. The topological polar surface area (TPSA) is 75.7 Å². The monoisotopic (exact) mass is 578 g/mol. The van der Waals surface area contributed by atoms with Crippen LogP contribution in [0.5, 0.6) is 5.75 Å². The highest BCUT2D eigenvalue weighted by Crippen LogP contribution is 2.32. The molecule has 2 aromatic carbocycles. The summed E-state index contributed by atoms with van der Waals surface area (Å²) >= 11 is 23.9. The Morgan fingerprint density at radius 1 is 0.857 bits per heavy atom. The lowest BCUT2D eigenvalue weighted by molar-refractivity contribution is -0.124. The van der Waals surface area contributed by atoms with Gasteiger partial charge >= 0.3 is 0 Å². The van der Waals surface area contributed by atoms with Crippen LogP contribution < -0.4 is 9.46 Å². The Balaban J connectivity index is 1.24. The maximum atomic E-state index is 12.7. The number of amides is 1. The molecule has 11 heteroatoms. The summed E-state index contributed by atoms with van der Waals surface area (Å²) in [6.07, 6.45) is 4.90. The Bertz CT molecular complexity index is 1160. The van der Waals surface area contributed by atoms with Gasteiger partial charge in [-0.1, -0.05) is 46.4 Å². The predicted octanol–water partition coefficient (Wildman–Crippen LogP) is 6.21. The van der Waals surface area contributed by atoms with E-state index in [1.54, 1.807) is 12.1 Å². The molecule has 190 valence electrons. The van der Waals surface area contributed by atoms with Gasteiger partial charge in [0.1, 0.15) is 11.9 Å². The molecule has 35 heavy (non-hydrogen) atoms. The van der Waals surface area contributed by atoms with Crippen molar-refractivity contribution in [2.24, 2.45) is 5.92 Å². The van der Waals surface area contributed by atoms with Gasteiger partial charge in [-0.3, -0.25) is 4.79 Å². The van der Waals surface area contributed by atoms with Crippen LogP contribution in [0.1, 0.15) is 38.5 Å². The van der Waals surface area contributed by atoms with Crippen molar-refractivity contribution in [1.82, 2.24) is 9.62 Å². The van der Waals surface area contributed by atoms with Crippen molar-refractivity contribution in [3.05, 3.63) is 56.5 Å². The first-order valence-electron chi connectivity index (χ1n) is 11.5. The molecule has 0 aromatic heterocycles. The summed E-state index contributed by atoms with van der Waals surface area (Å²) in [5.74, 6) is -0.0983. The third-order valence-electron chi connectivity index (χ3n) is 6.64. The molecular weight excluding hydrogens is 554 g/mol. The van der Waals surface area contributed by atoms with E-state index < -0.39 is 15.9 Å². The Morgan fingerprint density at radius 2 is 1.49 bits per heavy atom. The number of carbonyl (C=O) groups is 1. The van der Waals surface area contributed by atoms with Gasteiger partial charge in [0.2, 0.25) is 5.91 Å². The Morgan fingerprint density at radius 3 is 2.09 bits per heavy atom. The van der Waals surface area contributed by atoms with Crippen LogP contribution in [-0.2, 0) is 14.8 Å². The second-order valence-corrected chi connectivity index (χ2v) is 12.4. The number of nitrogens with one attached hydrogen (secondary N) is 1. The van der Waals surface area contributed by atoms with Gasteiger partial charge in [-0.2, -0.15) is 0 Å². The Kier molecular flexibility index (Phi) is 8.78. The van der Waals surface area contributed by atoms with Crippen LogP contribution >= 0.6 is 46.4 Å². The van der Waals surface area contributed by atoms with Gasteiger partial charge in [0.25, 0.3) is 10.0 Å². The van der Waals surface area contributed by atoms with E-state index in [2.05, 4.69) is 9.62 Å². The van der Waals surface area contributed by atoms with Gasteiger partial charge in [-0.15, -0.1) is 0 Å². The number of hydrogen-bond donors (Lipinski definition) is 1. The second-order valence-electron chi connectivity index (χ2n) is 9.01. The fourth-order valence-electron chi connectivity index (χ4n) is 4.76. The van der Waals surface area contributed by atoms with E-state index in [1.807, 2.05) is 6.07 Å². The van der Waals surface area contributed by atoms with Crippen LogP contribution in [0.4, 0.5) is 0 Å². The number of nitrogens with zero attached hydrogens (tertiary/aromatic N) is 1. The fourth-order valence-corrected chi connectivity index (χ4v) is 6.82. The molecular formula is C24H26Cl4N2O4S. The molecule has 1 saturated carbocycles. The molecule has 2 aromatic rings. The van der Waals surface area contributed by atoms with E-state index >= 15 is 0 Å². The standard InChI is InChI=1S/C24H26Cl4N2O4S/c25-16-11-17(26)13-21(12-16)35(32,33)29-24(31)15-1-3-18(4-2-15)30-9-7-19(8-10-30)34-20-5-6-22(27)23(28)14-20/h5-6,11-15,18-19H,1-4,7-10H2,(H,29,31)/t15-,18-. The molecule has 0 unspecified atom stereocenters. The summed E-state index contributed by atoms with van der Waals surface area (Å²) in [6, 6.07) is 9.67. The molecule has 1 heterocycles. The third kappa shape index (κ3) is 6.96. The first kappa shape index (κ1) is 26.8. The molecule has 4 rings (SSSR count). The number of piperidine rings is 1. The van der Waals surface area contributed by atoms with E-state index in [0.29, 0.717) is 28.9 Å². The Labute approximate surface area is 225 Å². The highest BCUT2D eigenvalue weighted by Gasteiger charge is 2.33. The zero-order chi connectivity index (χ0) is 25.2. The Hall–Kier alpha value is -1.22. The number of rotatable bonds is 6. The van der Waals surface area contributed by atoms with Crippen LogP contribution in [-0.4, -0.2) is 44.5 Å². The molecule has 1 aliphatic heterocycles. The highest BCUT2D eigenvalue weighted by atomic mass is 35.5. The van der Waals surface area contributed by atoms with Crippen molar-refractivity contribution in [3.8, 4) is 5.75 Å². The van der Waals surface area contributed by atoms with Crippen molar-refractivity contribution >= 4 is 62.3 Å². The summed E-state index contributed by atoms with van der Waals surface area (Å²) in [5, 5.41) is 1.37. The van der Waals surface area contributed by atoms with E-state index in [-0.39, 0.29) is 27.0 Å². The second kappa shape index (κ2) is 11.4. The largest absolute Gasteiger partial charge is 0.490 e. The van der Waals surface area contributed by atoms with Crippen molar-refractivity contribution < 1.29 is 17.9 Å². The van der Waals surface area contributed by atoms with Crippen LogP contribution in [0.2, 0.25) is 20.1 Å². The average molecular weight is 580 g/mol. The maximum Gasteiger partial charge on any atom is 0.264 e. The molecule has 1 N–H and O–H groups in total. The molecule has 6 nitrogen and oxygen atoms in total. The quantitative estimate of drug-likeness (QED) is 0.440. The van der Waals surface area contributed by atoms with Crippen molar-refractivity contribution in [2.75, 3.05) is 13.1 Å². The summed E-state index contributed by atoms with van der Waals surface area (Å²) in [6.45, 7) is 1.83. The number of hydrogen-bond acceptors (Lipinski definition) is 5. The summed E-state index contributed by atoms with van der Waals surface area (Å²) < 4.78 is 33.5. The molecule has 0 radical (unpaired) electrons. The lowest BCUT2D eigenvalue weighted by Gasteiger charge is -2.40. The smallest absolute Gasteiger partial charge is 0.264 e. The maximum absolute atomic E-state index is 12.7. The van der Waals surface area contributed by atoms with Gasteiger partial charge in [0, 0.05) is 41.2 Å². The minimum absolute atomic E-state index is 0.121. The molecule has 1 amide bonds. The van der Waals surface area contributed by atoms with Crippen molar-refractivity contribution in [3.63, 3.8) is 0 Å². The minimum Gasteiger partial charge on any atom is -0.490 e. The number of ether oxygens (including phenoxy) is 1. The number of sulfonamides is 1. The third-order valence-corrected chi connectivity index (χ3v) is 9.14. The predicted molar refractivity (Wildman–Crippen MR) is 139 cm³/mol. The van der Waals surface area contributed by atoms with Crippen molar-refractivity contribution in [2.45, 2.75) is 55.6 Å². The zero-order valence-corrected chi connectivity index (χ0v) is 22.7. The molecule has 2 aliphatic rings. The highest BCUT2D eigenvalue weighted by molar-refractivity contribution is 7.90. The van der Waals surface area contributed by atoms with E-state index in [0.717, 1.165) is 44.5 Å². The number of likely N-dealkylation sites (tertiary alicyclic amines) is 1. The van der Waals surface area contributed by atoms with E-state index in [9.17, 15) is 13.2 Å².